The topological polar surface area (TPSA) is 38.8 Å². The predicted molar refractivity (Wildman–Crippen MR) is 83.4 cm³/mol. The Labute approximate surface area is 129 Å². The molecule has 0 spiro atoms. The molecular formula is C18H17NO3. The number of rotatable bonds is 2. The van der Waals surface area contributed by atoms with Crippen molar-refractivity contribution in [3.8, 4) is 11.5 Å². The number of para-hydroxylation sites is 2. The van der Waals surface area contributed by atoms with E-state index in [-0.39, 0.29) is 18.7 Å². The fourth-order valence-electron chi connectivity index (χ4n) is 3.32. The molecule has 0 saturated carbocycles. The first kappa shape index (κ1) is 13.2. The van der Waals surface area contributed by atoms with E-state index in [0.717, 1.165) is 23.4 Å². The lowest BCUT2D eigenvalue weighted by Crippen LogP contribution is -2.36. The van der Waals surface area contributed by atoms with Crippen LogP contribution < -0.4 is 14.4 Å². The summed E-state index contributed by atoms with van der Waals surface area (Å²) in [5.41, 5.74) is 3.16. The van der Waals surface area contributed by atoms with Crippen LogP contribution in [0.2, 0.25) is 0 Å². The Morgan fingerprint density at radius 1 is 1.18 bits per heavy atom. The van der Waals surface area contributed by atoms with Crippen molar-refractivity contribution in [3.63, 3.8) is 0 Å². The van der Waals surface area contributed by atoms with Gasteiger partial charge in [-0.3, -0.25) is 4.79 Å². The molecule has 2 aromatic carbocycles. The number of fused-ring (bicyclic) bond motifs is 2. The maximum absolute atomic E-state index is 12.8. The Bertz CT molecular complexity index is 741. The summed E-state index contributed by atoms with van der Waals surface area (Å²) < 4.78 is 10.9. The molecule has 2 heterocycles. The molecule has 1 unspecified atom stereocenters. The van der Waals surface area contributed by atoms with Crippen molar-refractivity contribution in [1.29, 1.82) is 0 Å². The molecule has 0 saturated heterocycles. The minimum atomic E-state index is 0.0985. The van der Waals surface area contributed by atoms with E-state index in [1.165, 1.54) is 5.56 Å². The van der Waals surface area contributed by atoms with Crippen molar-refractivity contribution in [1.82, 2.24) is 0 Å². The normalized spacial score (nSPS) is 18.4. The Kier molecular flexibility index (Phi) is 3.03. The van der Waals surface area contributed by atoms with Gasteiger partial charge in [-0.1, -0.05) is 30.3 Å². The van der Waals surface area contributed by atoms with E-state index in [1.807, 2.05) is 41.3 Å². The zero-order valence-corrected chi connectivity index (χ0v) is 12.4. The molecule has 2 aromatic rings. The number of amides is 1. The van der Waals surface area contributed by atoms with E-state index in [9.17, 15) is 4.79 Å². The number of carbonyl (C=O) groups is 1. The average molecular weight is 295 g/mol. The van der Waals surface area contributed by atoms with Gasteiger partial charge in [-0.15, -0.1) is 0 Å². The Morgan fingerprint density at radius 2 is 2.05 bits per heavy atom. The maximum Gasteiger partial charge on any atom is 0.231 e. The van der Waals surface area contributed by atoms with Gasteiger partial charge in [-0.25, -0.2) is 0 Å². The van der Waals surface area contributed by atoms with E-state index in [1.54, 1.807) is 0 Å². The zero-order chi connectivity index (χ0) is 15.1. The molecule has 4 heteroatoms. The number of hydrogen-bond donors (Lipinski definition) is 0. The van der Waals surface area contributed by atoms with Gasteiger partial charge in [0.2, 0.25) is 12.7 Å². The highest BCUT2D eigenvalue weighted by atomic mass is 16.7. The average Bonchev–Trinajstić information content (AvgIpc) is 3.10. The Hall–Kier alpha value is -2.49. The van der Waals surface area contributed by atoms with Crippen LogP contribution in [0, 0.1) is 0 Å². The number of benzene rings is 2. The predicted octanol–water partition coefficient (Wildman–Crippen LogP) is 2.94. The van der Waals surface area contributed by atoms with Gasteiger partial charge in [0, 0.05) is 17.3 Å². The molecule has 2 aliphatic rings. The van der Waals surface area contributed by atoms with Gasteiger partial charge in [0.25, 0.3) is 0 Å². The summed E-state index contributed by atoms with van der Waals surface area (Å²) in [6.45, 7) is 2.32. The Morgan fingerprint density at radius 3 is 2.95 bits per heavy atom. The van der Waals surface area contributed by atoms with E-state index in [0.29, 0.717) is 12.2 Å². The largest absolute Gasteiger partial charge is 0.454 e. The van der Waals surface area contributed by atoms with Crippen molar-refractivity contribution >= 4 is 11.6 Å². The van der Waals surface area contributed by atoms with Crippen LogP contribution in [-0.2, 0) is 17.6 Å². The van der Waals surface area contributed by atoms with Crippen molar-refractivity contribution in [2.45, 2.75) is 25.8 Å². The molecule has 2 aliphatic heterocycles. The third kappa shape index (κ3) is 2.03. The van der Waals surface area contributed by atoms with Crippen LogP contribution >= 0.6 is 0 Å². The summed E-state index contributed by atoms with van der Waals surface area (Å²) in [6, 6.07) is 14.0. The van der Waals surface area contributed by atoms with Gasteiger partial charge in [-0.2, -0.15) is 0 Å². The lowest BCUT2D eigenvalue weighted by atomic mass is 10.1. The summed E-state index contributed by atoms with van der Waals surface area (Å²) in [5, 5.41) is 0. The monoisotopic (exact) mass is 295 g/mol. The van der Waals surface area contributed by atoms with Gasteiger partial charge in [0.15, 0.2) is 11.5 Å². The second-order valence-corrected chi connectivity index (χ2v) is 5.77. The van der Waals surface area contributed by atoms with Crippen molar-refractivity contribution in [2.75, 3.05) is 11.7 Å². The van der Waals surface area contributed by atoms with E-state index in [4.69, 9.17) is 9.47 Å². The standard InChI is InChI=1S/C18H17NO3/c1-12-9-13-5-2-3-7-15(13)19(12)17(20)10-14-6-4-8-16-18(14)22-11-21-16/h2-8,12H,9-11H2,1H3. The zero-order valence-electron chi connectivity index (χ0n) is 12.4. The quantitative estimate of drug-likeness (QED) is 0.855. The SMILES string of the molecule is CC1Cc2ccccc2N1C(=O)Cc1cccc2c1OCO2. The molecule has 112 valence electrons. The fourth-order valence-corrected chi connectivity index (χ4v) is 3.32. The van der Waals surface area contributed by atoms with Gasteiger partial charge >= 0.3 is 0 Å². The summed E-state index contributed by atoms with van der Waals surface area (Å²) in [7, 11) is 0. The highest BCUT2D eigenvalue weighted by Gasteiger charge is 2.31. The second kappa shape index (κ2) is 5.05. The molecule has 22 heavy (non-hydrogen) atoms. The molecule has 0 fully saturated rings. The summed E-state index contributed by atoms with van der Waals surface area (Å²) in [5.74, 6) is 1.53. The molecule has 0 radical (unpaired) electrons. The van der Waals surface area contributed by atoms with E-state index in [2.05, 4.69) is 13.0 Å². The third-order valence-electron chi connectivity index (χ3n) is 4.30. The number of hydrogen-bond acceptors (Lipinski definition) is 3. The number of nitrogens with zero attached hydrogens (tertiary/aromatic N) is 1. The maximum atomic E-state index is 12.8. The number of carbonyl (C=O) groups excluding carboxylic acids is 1. The van der Waals surface area contributed by atoms with Crippen LogP contribution in [-0.4, -0.2) is 18.7 Å². The first-order chi connectivity index (χ1) is 10.7. The molecule has 0 bridgehead atoms. The third-order valence-corrected chi connectivity index (χ3v) is 4.30. The minimum Gasteiger partial charge on any atom is -0.454 e. The summed E-state index contributed by atoms with van der Waals surface area (Å²) >= 11 is 0. The molecule has 4 nitrogen and oxygen atoms in total. The molecular weight excluding hydrogens is 278 g/mol. The summed E-state index contributed by atoms with van der Waals surface area (Å²) in [4.78, 5) is 14.7. The smallest absolute Gasteiger partial charge is 0.231 e. The molecule has 1 amide bonds. The minimum absolute atomic E-state index is 0.0985. The van der Waals surface area contributed by atoms with Crippen LogP contribution in [0.4, 0.5) is 5.69 Å². The van der Waals surface area contributed by atoms with Crippen molar-refractivity contribution in [3.05, 3.63) is 53.6 Å². The fraction of sp³-hybridized carbons (Fsp3) is 0.278. The van der Waals surface area contributed by atoms with Crippen molar-refractivity contribution in [2.24, 2.45) is 0 Å². The van der Waals surface area contributed by atoms with Crippen LogP contribution in [0.5, 0.6) is 11.5 Å². The van der Waals surface area contributed by atoms with Crippen LogP contribution in [0.25, 0.3) is 0 Å². The molecule has 0 N–H and O–H groups in total. The second-order valence-electron chi connectivity index (χ2n) is 5.77. The first-order valence-corrected chi connectivity index (χ1v) is 7.51. The molecule has 1 atom stereocenters. The van der Waals surface area contributed by atoms with E-state index >= 15 is 0 Å². The number of ether oxygens (including phenoxy) is 2. The van der Waals surface area contributed by atoms with Gasteiger partial charge in [0.05, 0.1) is 6.42 Å². The highest BCUT2D eigenvalue weighted by Crippen LogP contribution is 2.37. The molecule has 0 aliphatic carbocycles. The Balaban J connectivity index is 1.62. The van der Waals surface area contributed by atoms with Crippen LogP contribution in [0.3, 0.4) is 0 Å². The first-order valence-electron chi connectivity index (χ1n) is 7.51. The van der Waals surface area contributed by atoms with Gasteiger partial charge in [-0.05, 0) is 31.0 Å². The molecule has 4 rings (SSSR count). The van der Waals surface area contributed by atoms with Gasteiger partial charge in [0.1, 0.15) is 0 Å². The highest BCUT2D eigenvalue weighted by molar-refractivity contribution is 5.97. The number of anilines is 1. The summed E-state index contributed by atoms with van der Waals surface area (Å²) in [6.07, 6.45) is 1.24. The molecule has 0 aromatic heterocycles. The van der Waals surface area contributed by atoms with Crippen LogP contribution in [0.1, 0.15) is 18.1 Å². The van der Waals surface area contributed by atoms with Crippen molar-refractivity contribution < 1.29 is 14.3 Å². The van der Waals surface area contributed by atoms with Crippen LogP contribution in [0.15, 0.2) is 42.5 Å². The van der Waals surface area contributed by atoms with Gasteiger partial charge < -0.3 is 14.4 Å². The lowest BCUT2D eigenvalue weighted by molar-refractivity contribution is -0.118. The van der Waals surface area contributed by atoms with E-state index < -0.39 is 0 Å². The lowest BCUT2D eigenvalue weighted by Gasteiger charge is -2.23.